The van der Waals surface area contributed by atoms with E-state index >= 15 is 0 Å². The van der Waals surface area contributed by atoms with E-state index in [0.717, 1.165) is 13.0 Å². The number of hydrogen-bond donors (Lipinski definition) is 1. The fourth-order valence-electron chi connectivity index (χ4n) is 2.31. The summed E-state index contributed by atoms with van der Waals surface area (Å²) < 4.78 is 23.0. The van der Waals surface area contributed by atoms with Crippen molar-refractivity contribution in [1.29, 1.82) is 0 Å². The highest BCUT2D eigenvalue weighted by atomic mass is 32.2. The number of hydrogen-bond acceptors (Lipinski definition) is 4. The predicted octanol–water partition coefficient (Wildman–Crippen LogP) is 0.410. The number of carbonyl (C=O) groups is 1. The van der Waals surface area contributed by atoms with Gasteiger partial charge in [-0.15, -0.1) is 0 Å². The standard InChI is InChI=1S/C12H24N2O3S/c1-4-18(16,17)9-11(3)13-10(2)8-14-7-5-6-12(14)15/h10-11,13H,4-9H2,1-3H3. The molecule has 1 heterocycles. The molecule has 0 aromatic carbocycles. The lowest BCUT2D eigenvalue weighted by molar-refractivity contribution is -0.127. The largest absolute Gasteiger partial charge is 0.341 e. The van der Waals surface area contributed by atoms with Crippen molar-refractivity contribution in [3.8, 4) is 0 Å². The normalized spacial score (nSPS) is 20.2. The smallest absolute Gasteiger partial charge is 0.222 e. The van der Waals surface area contributed by atoms with Gasteiger partial charge in [0.2, 0.25) is 5.91 Å². The minimum absolute atomic E-state index is 0.0809. The minimum atomic E-state index is -2.95. The molecular formula is C12H24N2O3S. The zero-order chi connectivity index (χ0) is 13.8. The van der Waals surface area contributed by atoms with E-state index in [1.54, 1.807) is 6.92 Å². The average molecular weight is 276 g/mol. The van der Waals surface area contributed by atoms with Crippen LogP contribution in [-0.4, -0.2) is 55.9 Å². The van der Waals surface area contributed by atoms with Crippen LogP contribution in [0, 0.1) is 0 Å². The first-order valence-electron chi connectivity index (χ1n) is 6.58. The van der Waals surface area contributed by atoms with E-state index in [4.69, 9.17) is 0 Å². The van der Waals surface area contributed by atoms with Gasteiger partial charge in [-0.25, -0.2) is 8.42 Å². The van der Waals surface area contributed by atoms with E-state index in [-0.39, 0.29) is 29.5 Å². The van der Waals surface area contributed by atoms with Crippen molar-refractivity contribution in [2.24, 2.45) is 0 Å². The number of likely N-dealkylation sites (tertiary alicyclic amines) is 1. The van der Waals surface area contributed by atoms with Gasteiger partial charge in [-0.1, -0.05) is 6.92 Å². The topological polar surface area (TPSA) is 66.5 Å². The second kappa shape index (κ2) is 6.52. The molecule has 2 atom stereocenters. The minimum Gasteiger partial charge on any atom is -0.341 e. The molecule has 1 saturated heterocycles. The molecular weight excluding hydrogens is 252 g/mol. The van der Waals surface area contributed by atoms with Gasteiger partial charge in [-0.05, 0) is 20.3 Å². The summed E-state index contributed by atoms with van der Waals surface area (Å²) in [6.45, 7) is 7.01. The highest BCUT2D eigenvalue weighted by molar-refractivity contribution is 7.91. The summed E-state index contributed by atoms with van der Waals surface area (Å²) in [5.41, 5.74) is 0. The molecule has 0 radical (unpaired) electrons. The van der Waals surface area contributed by atoms with Crippen LogP contribution in [0.15, 0.2) is 0 Å². The second-order valence-electron chi connectivity index (χ2n) is 5.11. The summed E-state index contributed by atoms with van der Waals surface area (Å²) in [6.07, 6.45) is 1.58. The fraction of sp³-hybridized carbons (Fsp3) is 0.917. The molecule has 0 bridgehead atoms. The Labute approximate surface area is 110 Å². The molecule has 1 N–H and O–H groups in total. The van der Waals surface area contributed by atoms with Gasteiger partial charge in [0, 0.05) is 37.3 Å². The Morgan fingerprint density at radius 1 is 1.33 bits per heavy atom. The highest BCUT2D eigenvalue weighted by Crippen LogP contribution is 2.10. The molecule has 1 fully saturated rings. The van der Waals surface area contributed by atoms with Crippen LogP contribution in [0.25, 0.3) is 0 Å². The van der Waals surface area contributed by atoms with Crippen LogP contribution >= 0.6 is 0 Å². The van der Waals surface area contributed by atoms with Crippen molar-refractivity contribution >= 4 is 15.7 Å². The van der Waals surface area contributed by atoms with Gasteiger partial charge in [-0.2, -0.15) is 0 Å². The van der Waals surface area contributed by atoms with E-state index in [1.807, 2.05) is 18.7 Å². The van der Waals surface area contributed by atoms with Gasteiger partial charge in [0.05, 0.1) is 5.75 Å². The summed E-state index contributed by atoms with van der Waals surface area (Å²) >= 11 is 0. The summed E-state index contributed by atoms with van der Waals surface area (Å²) in [6, 6.07) is 0.0387. The maximum atomic E-state index is 11.5. The van der Waals surface area contributed by atoms with Gasteiger partial charge in [0.15, 0.2) is 9.84 Å². The van der Waals surface area contributed by atoms with Crippen LogP contribution in [0.2, 0.25) is 0 Å². The molecule has 1 aliphatic rings. The summed E-state index contributed by atoms with van der Waals surface area (Å²) in [5.74, 6) is 0.539. The number of nitrogens with zero attached hydrogens (tertiary/aromatic N) is 1. The molecule has 106 valence electrons. The Bertz CT molecular complexity index is 381. The molecule has 18 heavy (non-hydrogen) atoms. The van der Waals surface area contributed by atoms with Crippen molar-refractivity contribution < 1.29 is 13.2 Å². The molecule has 0 spiro atoms. The summed E-state index contributed by atoms with van der Waals surface area (Å²) in [5, 5.41) is 3.24. The zero-order valence-electron chi connectivity index (χ0n) is 11.5. The van der Waals surface area contributed by atoms with E-state index in [9.17, 15) is 13.2 Å². The lowest BCUT2D eigenvalue weighted by atomic mass is 10.2. The third kappa shape index (κ3) is 4.94. The molecule has 0 saturated carbocycles. The molecule has 6 heteroatoms. The van der Waals surface area contributed by atoms with Crippen LogP contribution in [0.5, 0.6) is 0 Å². The fourth-order valence-corrected chi connectivity index (χ4v) is 3.41. The number of carbonyl (C=O) groups excluding carboxylic acids is 1. The number of nitrogens with one attached hydrogen (secondary N) is 1. The molecule has 0 aromatic heterocycles. The quantitative estimate of drug-likeness (QED) is 0.731. The maximum Gasteiger partial charge on any atom is 0.222 e. The molecule has 0 aromatic rings. The molecule has 1 amide bonds. The second-order valence-corrected chi connectivity index (χ2v) is 7.51. The lowest BCUT2D eigenvalue weighted by Gasteiger charge is -2.24. The molecule has 5 nitrogen and oxygen atoms in total. The van der Waals surface area contributed by atoms with Crippen molar-refractivity contribution in [1.82, 2.24) is 10.2 Å². The SMILES string of the molecule is CCS(=O)(=O)CC(C)NC(C)CN1CCCC1=O. The first-order valence-corrected chi connectivity index (χ1v) is 8.40. The van der Waals surface area contributed by atoms with Gasteiger partial charge >= 0.3 is 0 Å². The maximum absolute atomic E-state index is 11.5. The first kappa shape index (κ1) is 15.4. The van der Waals surface area contributed by atoms with Gasteiger partial charge in [-0.3, -0.25) is 4.79 Å². The molecule has 0 aliphatic carbocycles. The average Bonchev–Trinajstić information content (AvgIpc) is 2.63. The Balaban J connectivity index is 2.35. The van der Waals surface area contributed by atoms with E-state index < -0.39 is 9.84 Å². The highest BCUT2D eigenvalue weighted by Gasteiger charge is 2.23. The van der Waals surface area contributed by atoms with Crippen LogP contribution < -0.4 is 5.32 Å². The van der Waals surface area contributed by atoms with E-state index in [0.29, 0.717) is 13.0 Å². The summed E-state index contributed by atoms with van der Waals surface area (Å²) in [4.78, 5) is 13.3. The Kier molecular flexibility index (Phi) is 5.59. The third-order valence-corrected chi connectivity index (χ3v) is 5.07. The van der Waals surface area contributed by atoms with Gasteiger partial charge < -0.3 is 10.2 Å². The van der Waals surface area contributed by atoms with Crippen LogP contribution in [0.3, 0.4) is 0 Å². The Hall–Kier alpha value is -0.620. The summed E-state index contributed by atoms with van der Waals surface area (Å²) in [7, 11) is -2.95. The first-order chi connectivity index (χ1) is 8.34. The van der Waals surface area contributed by atoms with Crippen molar-refractivity contribution in [3.05, 3.63) is 0 Å². The molecule has 1 rings (SSSR count). The van der Waals surface area contributed by atoms with Crippen LogP contribution in [0.1, 0.15) is 33.6 Å². The van der Waals surface area contributed by atoms with E-state index in [2.05, 4.69) is 5.32 Å². The Morgan fingerprint density at radius 2 is 2.00 bits per heavy atom. The van der Waals surface area contributed by atoms with Gasteiger partial charge in [0.1, 0.15) is 0 Å². The van der Waals surface area contributed by atoms with Crippen LogP contribution in [-0.2, 0) is 14.6 Å². The van der Waals surface area contributed by atoms with Crippen molar-refractivity contribution in [2.45, 2.75) is 45.7 Å². The zero-order valence-corrected chi connectivity index (χ0v) is 12.3. The van der Waals surface area contributed by atoms with Crippen molar-refractivity contribution in [3.63, 3.8) is 0 Å². The molecule has 1 aliphatic heterocycles. The number of amides is 1. The van der Waals surface area contributed by atoms with E-state index in [1.165, 1.54) is 0 Å². The lowest BCUT2D eigenvalue weighted by Crippen LogP contribution is -2.45. The Morgan fingerprint density at radius 3 is 2.50 bits per heavy atom. The monoisotopic (exact) mass is 276 g/mol. The predicted molar refractivity (Wildman–Crippen MR) is 72.2 cm³/mol. The molecule has 2 unspecified atom stereocenters. The van der Waals surface area contributed by atoms with Crippen LogP contribution in [0.4, 0.5) is 0 Å². The van der Waals surface area contributed by atoms with Gasteiger partial charge in [0.25, 0.3) is 0 Å². The number of rotatable bonds is 7. The number of sulfone groups is 1. The van der Waals surface area contributed by atoms with Crippen molar-refractivity contribution in [2.75, 3.05) is 24.6 Å². The third-order valence-electron chi connectivity index (χ3n) is 3.18.